The minimum atomic E-state index is -0.541. The van der Waals surface area contributed by atoms with Gasteiger partial charge in [-0.2, -0.15) is 0 Å². The van der Waals surface area contributed by atoms with Gasteiger partial charge in [-0.25, -0.2) is 4.39 Å². The summed E-state index contributed by atoms with van der Waals surface area (Å²) in [6.07, 6.45) is 3.21. The average Bonchev–Trinajstić information content (AvgIpc) is 2.63. The normalized spacial score (nSPS) is 21.0. The van der Waals surface area contributed by atoms with Crippen LogP contribution >= 0.6 is 0 Å². The highest BCUT2D eigenvalue weighted by atomic mass is 19.1. The van der Waals surface area contributed by atoms with E-state index in [1.807, 2.05) is 18.2 Å². The highest BCUT2D eigenvalue weighted by Gasteiger charge is 2.30. The smallest absolute Gasteiger partial charge is 0.253 e. The molecule has 1 aromatic heterocycles. The summed E-state index contributed by atoms with van der Waals surface area (Å²) in [4.78, 5) is 18.3. The van der Waals surface area contributed by atoms with Crippen LogP contribution in [-0.2, 0) is 6.54 Å². The SMILES string of the molecule is O=C(N[C@@H]1CN(Cc2ccccc2)CC[C@@H]1CO)c1cncc(F)c1. The number of pyridine rings is 1. The second kappa shape index (κ2) is 8.18. The predicted octanol–water partition coefficient (Wildman–Crippen LogP) is 1.83. The van der Waals surface area contributed by atoms with E-state index in [1.54, 1.807) is 0 Å². The molecule has 0 unspecified atom stereocenters. The maximum absolute atomic E-state index is 13.3. The van der Waals surface area contributed by atoms with Crippen molar-refractivity contribution in [2.24, 2.45) is 5.92 Å². The van der Waals surface area contributed by atoms with E-state index in [0.29, 0.717) is 6.54 Å². The monoisotopic (exact) mass is 343 g/mol. The summed E-state index contributed by atoms with van der Waals surface area (Å²) in [5.74, 6) is -0.907. The molecule has 1 aliphatic heterocycles. The van der Waals surface area contributed by atoms with Crippen LogP contribution < -0.4 is 5.32 Å². The van der Waals surface area contributed by atoms with Crippen LogP contribution in [0.25, 0.3) is 0 Å². The standard InChI is InChI=1S/C19H22FN3O2/c20-17-8-16(9-21-10-17)19(25)22-18-12-23(7-6-15(18)13-24)11-14-4-2-1-3-5-14/h1-5,8-10,15,18,24H,6-7,11-13H2,(H,22,25)/t15-,18-/m1/s1. The molecule has 5 nitrogen and oxygen atoms in total. The molecule has 2 aromatic rings. The lowest BCUT2D eigenvalue weighted by atomic mass is 9.91. The van der Waals surface area contributed by atoms with Gasteiger partial charge in [0.2, 0.25) is 0 Å². The summed E-state index contributed by atoms with van der Waals surface area (Å²) < 4.78 is 13.3. The molecule has 132 valence electrons. The van der Waals surface area contributed by atoms with Crippen molar-refractivity contribution in [3.8, 4) is 0 Å². The number of benzene rings is 1. The number of hydrogen-bond donors (Lipinski definition) is 2. The van der Waals surface area contributed by atoms with Crippen molar-refractivity contribution in [3.05, 3.63) is 65.7 Å². The van der Waals surface area contributed by atoms with Crippen molar-refractivity contribution in [2.45, 2.75) is 19.0 Å². The van der Waals surface area contributed by atoms with Crippen LogP contribution in [0, 0.1) is 11.7 Å². The predicted molar refractivity (Wildman–Crippen MR) is 92.4 cm³/mol. The minimum Gasteiger partial charge on any atom is -0.396 e. The number of likely N-dealkylation sites (tertiary alicyclic amines) is 1. The number of aromatic nitrogens is 1. The molecule has 2 N–H and O–H groups in total. The Hall–Kier alpha value is -2.31. The van der Waals surface area contributed by atoms with Crippen LogP contribution in [0.3, 0.4) is 0 Å². The van der Waals surface area contributed by atoms with E-state index in [-0.39, 0.29) is 30.0 Å². The Bertz CT molecular complexity index is 711. The van der Waals surface area contributed by atoms with Crippen molar-refractivity contribution < 1.29 is 14.3 Å². The number of aliphatic hydroxyl groups excluding tert-OH is 1. The molecule has 1 fully saturated rings. The van der Waals surface area contributed by atoms with Crippen molar-refractivity contribution in [1.82, 2.24) is 15.2 Å². The fourth-order valence-corrected chi connectivity index (χ4v) is 3.22. The number of nitrogens with one attached hydrogen (secondary N) is 1. The first-order valence-corrected chi connectivity index (χ1v) is 8.44. The van der Waals surface area contributed by atoms with Crippen molar-refractivity contribution in [1.29, 1.82) is 0 Å². The topological polar surface area (TPSA) is 65.5 Å². The van der Waals surface area contributed by atoms with E-state index in [4.69, 9.17) is 0 Å². The first-order valence-electron chi connectivity index (χ1n) is 8.44. The molecule has 1 saturated heterocycles. The lowest BCUT2D eigenvalue weighted by Gasteiger charge is -2.38. The number of carbonyl (C=O) groups is 1. The number of carbonyl (C=O) groups excluding carboxylic acids is 1. The van der Waals surface area contributed by atoms with Gasteiger partial charge in [-0.3, -0.25) is 14.7 Å². The molecule has 0 bridgehead atoms. The third-order valence-corrected chi connectivity index (χ3v) is 4.61. The van der Waals surface area contributed by atoms with Gasteiger partial charge in [0.1, 0.15) is 5.82 Å². The maximum atomic E-state index is 13.3. The van der Waals surface area contributed by atoms with Gasteiger partial charge in [-0.15, -0.1) is 0 Å². The molecule has 1 amide bonds. The number of hydrogen-bond acceptors (Lipinski definition) is 4. The summed E-state index contributed by atoms with van der Waals surface area (Å²) >= 11 is 0. The number of piperidine rings is 1. The number of aliphatic hydroxyl groups is 1. The van der Waals surface area contributed by atoms with Gasteiger partial charge >= 0.3 is 0 Å². The molecule has 25 heavy (non-hydrogen) atoms. The van der Waals surface area contributed by atoms with E-state index < -0.39 is 5.82 Å². The van der Waals surface area contributed by atoms with Crippen molar-refractivity contribution in [3.63, 3.8) is 0 Å². The van der Waals surface area contributed by atoms with E-state index >= 15 is 0 Å². The van der Waals surface area contributed by atoms with E-state index in [9.17, 15) is 14.3 Å². The molecule has 1 aliphatic rings. The minimum absolute atomic E-state index is 0.00232. The van der Waals surface area contributed by atoms with Crippen LogP contribution in [0.4, 0.5) is 4.39 Å². The Balaban J connectivity index is 1.65. The Morgan fingerprint density at radius 1 is 1.32 bits per heavy atom. The zero-order chi connectivity index (χ0) is 17.6. The Morgan fingerprint density at radius 2 is 2.12 bits per heavy atom. The molecule has 1 aromatic carbocycles. The molecule has 0 spiro atoms. The fraction of sp³-hybridized carbons (Fsp3) is 0.368. The van der Waals surface area contributed by atoms with Crippen LogP contribution in [0.5, 0.6) is 0 Å². The Morgan fingerprint density at radius 3 is 2.84 bits per heavy atom. The maximum Gasteiger partial charge on any atom is 0.253 e. The molecular formula is C19H22FN3O2. The lowest BCUT2D eigenvalue weighted by molar-refractivity contribution is 0.0730. The largest absolute Gasteiger partial charge is 0.396 e. The zero-order valence-corrected chi connectivity index (χ0v) is 13.9. The van der Waals surface area contributed by atoms with E-state index in [0.717, 1.165) is 25.7 Å². The fourth-order valence-electron chi connectivity index (χ4n) is 3.22. The second-order valence-electron chi connectivity index (χ2n) is 6.42. The first-order chi connectivity index (χ1) is 12.2. The summed E-state index contributed by atoms with van der Waals surface area (Å²) in [5, 5.41) is 12.6. The average molecular weight is 343 g/mol. The quantitative estimate of drug-likeness (QED) is 0.869. The molecule has 0 saturated carbocycles. The highest BCUT2D eigenvalue weighted by molar-refractivity contribution is 5.94. The number of nitrogens with zero attached hydrogens (tertiary/aromatic N) is 2. The number of halogens is 1. The van der Waals surface area contributed by atoms with Gasteiger partial charge in [0.15, 0.2) is 0 Å². The molecular weight excluding hydrogens is 321 g/mol. The van der Waals surface area contributed by atoms with Crippen molar-refractivity contribution in [2.75, 3.05) is 19.7 Å². The first kappa shape index (κ1) is 17.5. The summed E-state index contributed by atoms with van der Waals surface area (Å²) in [6, 6.07) is 11.1. The molecule has 0 aliphatic carbocycles. The van der Waals surface area contributed by atoms with Crippen LogP contribution in [0.15, 0.2) is 48.8 Å². The Labute approximate surface area is 146 Å². The van der Waals surface area contributed by atoms with Gasteiger partial charge in [0.05, 0.1) is 11.8 Å². The Kier molecular flexibility index (Phi) is 5.73. The summed E-state index contributed by atoms with van der Waals surface area (Å²) in [6.45, 7) is 2.33. The van der Waals surface area contributed by atoms with E-state index in [1.165, 1.54) is 17.8 Å². The molecule has 2 heterocycles. The molecule has 2 atom stereocenters. The lowest BCUT2D eigenvalue weighted by Crippen LogP contribution is -2.53. The third kappa shape index (κ3) is 4.61. The molecule has 6 heteroatoms. The van der Waals surface area contributed by atoms with Crippen LogP contribution in [-0.4, -0.2) is 46.6 Å². The van der Waals surface area contributed by atoms with Crippen LogP contribution in [0.2, 0.25) is 0 Å². The van der Waals surface area contributed by atoms with Gasteiger partial charge in [0, 0.05) is 37.9 Å². The summed E-state index contributed by atoms with van der Waals surface area (Å²) in [7, 11) is 0. The van der Waals surface area contributed by atoms with Gasteiger partial charge in [-0.05, 0) is 24.6 Å². The number of rotatable bonds is 5. The van der Waals surface area contributed by atoms with Gasteiger partial charge in [0.25, 0.3) is 5.91 Å². The van der Waals surface area contributed by atoms with Crippen LogP contribution in [0.1, 0.15) is 22.3 Å². The third-order valence-electron chi connectivity index (χ3n) is 4.61. The highest BCUT2D eigenvalue weighted by Crippen LogP contribution is 2.20. The molecule has 3 rings (SSSR count). The van der Waals surface area contributed by atoms with Gasteiger partial charge < -0.3 is 10.4 Å². The van der Waals surface area contributed by atoms with Crippen molar-refractivity contribution >= 4 is 5.91 Å². The second-order valence-corrected chi connectivity index (χ2v) is 6.42. The molecule has 0 radical (unpaired) electrons. The van der Waals surface area contributed by atoms with Gasteiger partial charge in [-0.1, -0.05) is 30.3 Å². The number of amides is 1. The summed E-state index contributed by atoms with van der Waals surface area (Å²) in [5.41, 5.74) is 1.40. The zero-order valence-electron chi connectivity index (χ0n) is 13.9. The van der Waals surface area contributed by atoms with E-state index in [2.05, 4.69) is 27.3 Å².